The number of thiophene rings is 1. The summed E-state index contributed by atoms with van der Waals surface area (Å²) >= 11 is 1.77. The van der Waals surface area contributed by atoms with Crippen molar-refractivity contribution in [3.8, 4) is 28.3 Å². The molecule has 5 aromatic heterocycles. The Morgan fingerprint density at radius 2 is 1.13 bits per heavy atom. The number of hydrogen-bond donors (Lipinski definition) is 0. The van der Waals surface area contributed by atoms with Gasteiger partial charge in [0.15, 0.2) is 0 Å². The van der Waals surface area contributed by atoms with Crippen molar-refractivity contribution in [2.45, 2.75) is 0 Å². The fraction of sp³-hybridized carbons (Fsp3) is 0. The monoisotopic (exact) mass is 716 g/mol. The zero-order valence-corrected chi connectivity index (χ0v) is 30.2. The highest BCUT2D eigenvalue weighted by Crippen LogP contribution is 2.47. The average Bonchev–Trinajstić information content (AvgIpc) is 3.98. The van der Waals surface area contributed by atoms with Gasteiger partial charge in [0, 0.05) is 48.0 Å². The van der Waals surface area contributed by atoms with Crippen LogP contribution >= 0.6 is 11.3 Å². The third-order valence-corrected chi connectivity index (χ3v) is 12.8. The summed E-state index contributed by atoms with van der Waals surface area (Å²) in [6.07, 6.45) is 0. The fourth-order valence-corrected chi connectivity index (χ4v) is 10.4. The zero-order chi connectivity index (χ0) is 35.8. The van der Waals surface area contributed by atoms with Crippen LogP contribution in [0.3, 0.4) is 0 Å². The first-order valence-electron chi connectivity index (χ1n) is 18.7. The number of para-hydroxylation sites is 2. The summed E-state index contributed by atoms with van der Waals surface area (Å²) in [5.41, 5.74) is 11.3. The molecule has 8 aromatic carbocycles. The first-order valence-corrected chi connectivity index (χ1v) is 19.5. The van der Waals surface area contributed by atoms with Gasteiger partial charge in [-0.15, -0.1) is 11.3 Å². The first-order chi connectivity index (χ1) is 27.3. The third kappa shape index (κ3) is 3.94. The maximum atomic E-state index is 5.56. The molecule has 5 heterocycles. The fourth-order valence-electron chi connectivity index (χ4n) is 9.25. The van der Waals surface area contributed by atoms with Gasteiger partial charge in [-0.25, -0.2) is 9.97 Å². The van der Waals surface area contributed by atoms with E-state index in [1.807, 2.05) is 0 Å². The molecule has 0 fully saturated rings. The van der Waals surface area contributed by atoms with E-state index < -0.39 is 0 Å². The van der Waals surface area contributed by atoms with Gasteiger partial charge in [0.05, 0.1) is 43.5 Å². The van der Waals surface area contributed by atoms with Gasteiger partial charge < -0.3 is 4.40 Å². The Labute approximate surface area is 318 Å². The van der Waals surface area contributed by atoms with Crippen molar-refractivity contribution >= 4 is 102 Å². The van der Waals surface area contributed by atoms with Crippen LogP contribution in [0, 0.1) is 0 Å². The Kier molecular flexibility index (Phi) is 5.74. The molecular weight excluding hydrogens is 689 g/mol. The van der Waals surface area contributed by atoms with E-state index in [0.717, 1.165) is 37.9 Å². The van der Waals surface area contributed by atoms with Crippen LogP contribution in [0.1, 0.15) is 0 Å². The van der Waals surface area contributed by atoms with E-state index in [1.54, 1.807) is 11.3 Å². The van der Waals surface area contributed by atoms with Gasteiger partial charge in [0.2, 0.25) is 5.95 Å². The molecule has 0 amide bonds. The molecule has 0 saturated carbocycles. The molecule has 0 aliphatic carbocycles. The van der Waals surface area contributed by atoms with E-state index in [-0.39, 0.29) is 0 Å². The summed E-state index contributed by atoms with van der Waals surface area (Å²) < 4.78 is 7.13. The Morgan fingerprint density at radius 1 is 0.418 bits per heavy atom. The molecular formula is C50H28N4S. The van der Waals surface area contributed by atoms with Crippen LogP contribution in [-0.4, -0.2) is 18.9 Å². The molecule has 0 saturated heterocycles. The van der Waals surface area contributed by atoms with Crippen LogP contribution in [-0.2, 0) is 0 Å². The summed E-state index contributed by atoms with van der Waals surface area (Å²) in [4.78, 5) is 11.1. The minimum atomic E-state index is 0.679. The van der Waals surface area contributed by atoms with Gasteiger partial charge in [-0.2, -0.15) is 0 Å². The summed E-state index contributed by atoms with van der Waals surface area (Å²) in [6, 6.07) is 61.5. The predicted octanol–water partition coefficient (Wildman–Crippen LogP) is 13.6. The van der Waals surface area contributed by atoms with Gasteiger partial charge in [-0.1, -0.05) is 133 Å². The van der Waals surface area contributed by atoms with Crippen molar-refractivity contribution in [2.24, 2.45) is 0 Å². The zero-order valence-electron chi connectivity index (χ0n) is 29.4. The van der Waals surface area contributed by atoms with Crippen molar-refractivity contribution in [1.82, 2.24) is 18.9 Å². The normalized spacial score (nSPS) is 12.4. The lowest BCUT2D eigenvalue weighted by Crippen LogP contribution is -2.02. The van der Waals surface area contributed by atoms with Crippen LogP contribution in [0.15, 0.2) is 170 Å². The second-order valence-electron chi connectivity index (χ2n) is 14.6. The molecule has 0 N–H and O–H groups in total. The molecule has 0 bridgehead atoms. The van der Waals surface area contributed by atoms with E-state index >= 15 is 0 Å². The number of rotatable bonds is 3. The highest BCUT2D eigenvalue weighted by atomic mass is 32.1. The molecule has 254 valence electrons. The molecule has 0 unspecified atom stereocenters. The summed E-state index contributed by atoms with van der Waals surface area (Å²) in [7, 11) is 0. The first kappa shape index (κ1) is 29.4. The Hall–Kier alpha value is -7.08. The summed E-state index contributed by atoms with van der Waals surface area (Å²) in [5, 5.41) is 11.0. The molecule has 0 aliphatic heterocycles. The lowest BCUT2D eigenvalue weighted by Gasteiger charge is -2.11. The molecule has 0 atom stereocenters. The maximum Gasteiger partial charge on any atom is 0.235 e. The Balaban J connectivity index is 1.19. The van der Waals surface area contributed by atoms with Crippen LogP contribution in [0.25, 0.3) is 119 Å². The molecule has 0 spiro atoms. The molecule has 0 aliphatic rings. The summed E-state index contributed by atoms with van der Waals surface area (Å²) in [5.74, 6) is 0.679. The van der Waals surface area contributed by atoms with Crippen molar-refractivity contribution in [3.05, 3.63) is 170 Å². The minimum absolute atomic E-state index is 0.679. The smallest absolute Gasteiger partial charge is 0.235 e. The van der Waals surface area contributed by atoms with E-state index in [9.17, 15) is 0 Å². The Bertz CT molecular complexity index is 3720. The van der Waals surface area contributed by atoms with Crippen molar-refractivity contribution in [2.75, 3.05) is 0 Å². The number of nitrogens with zero attached hydrogens (tertiary/aromatic N) is 4. The number of benzene rings is 8. The molecule has 55 heavy (non-hydrogen) atoms. The molecule has 4 nitrogen and oxygen atoms in total. The minimum Gasteiger partial charge on any atom is -0.308 e. The van der Waals surface area contributed by atoms with Crippen LogP contribution in [0.5, 0.6) is 0 Å². The average molecular weight is 717 g/mol. The van der Waals surface area contributed by atoms with Gasteiger partial charge >= 0.3 is 0 Å². The van der Waals surface area contributed by atoms with Crippen molar-refractivity contribution < 1.29 is 0 Å². The number of aromatic nitrogens is 4. The lowest BCUT2D eigenvalue weighted by molar-refractivity contribution is 1.02. The summed E-state index contributed by atoms with van der Waals surface area (Å²) in [6.45, 7) is 0. The molecule has 5 heteroatoms. The van der Waals surface area contributed by atoms with Crippen LogP contribution < -0.4 is 0 Å². The largest absolute Gasteiger partial charge is 0.308 e. The quantitative estimate of drug-likeness (QED) is 0.182. The third-order valence-electron chi connectivity index (χ3n) is 11.6. The van der Waals surface area contributed by atoms with Gasteiger partial charge in [-0.3, -0.25) is 4.57 Å². The van der Waals surface area contributed by atoms with Crippen LogP contribution in [0.4, 0.5) is 0 Å². The van der Waals surface area contributed by atoms with E-state index in [0.29, 0.717) is 5.95 Å². The van der Waals surface area contributed by atoms with E-state index in [4.69, 9.17) is 9.97 Å². The number of hydrogen-bond acceptors (Lipinski definition) is 3. The van der Waals surface area contributed by atoms with Crippen LogP contribution in [0.2, 0.25) is 0 Å². The highest BCUT2D eigenvalue weighted by molar-refractivity contribution is 7.26. The van der Waals surface area contributed by atoms with Crippen molar-refractivity contribution in [3.63, 3.8) is 0 Å². The molecule has 0 radical (unpaired) electrons. The highest BCUT2D eigenvalue weighted by Gasteiger charge is 2.26. The topological polar surface area (TPSA) is 35.1 Å². The number of fused-ring (bicyclic) bond motifs is 14. The Morgan fingerprint density at radius 3 is 2.00 bits per heavy atom. The van der Waals surface area contributed by atoms with Gasteiger partial charge in [0.25, 0.3) is 0 Å². The second-order valence-corrected chi connectivity index (χ2v) is 15.6. The van der Waals surface area contributed by atoms with Gasteiger partial charge in [0.1, 0.15) is 0 Å². The lowest BCUT2D eigenvalue weighted by atomic mass is 10.0. The van der Waals surface area contributed by atoms with Crippen molar-refractivity contribution in [1.29, 1.82) is 0 Å². The standard InChI is InChI=1S/C50H28N4S/c1-2-12-29(13-3-1)32-24-25-34-38-28-42-44(45-36-17-7-9-19-39(36)53(48(38)45)41(34)27-32)35-16-6-10-20-40(35)54(42)50-51-46(33-23-22-30-14-4-5-15-31(30)26-33)49-47(52-50)37-18-8-11-21-43(37)55-49/h1-28H. The predicted molar refractivity (Wildman–Crippen MR) is 232 cm³/mol. The maximum absolute atomic E-state index is 5.56. The van der Waals surface area contributed by atoms with E-state index in [2.05, 4.69) is 179 Å². The van der Waals surface area contributed by atoms with E-state index in [1.165, 1.54) is 75.5 Å². The van der Waals surface area contributed by atoms with Gasteiger partial charge in [-0.05, 0) is 58.3 Å². The molecule has 13 aromatic rings. The molecule has 13 rings (SSSR count). The second kappa shape index (κ2) is 10.8. The SMILES string of the molecule is c1ccc(-c2ccc3c4cc5c(c6ccccc6n5-c5nc(-c6ccc7ccccc7c6)c6sc7ccccc7c6n5)c5c6ccccc6n(c3c2)c45)cc1.